The summed E-state index contributed by atoms with van der Waals surface area (Å²) < 4.78 is 5.42. The molecule has 8 heteroatoms. The third-order valence-electron chi connectivity index (χ3n) is 7.13. The molecule has 0 amide bonds. The Labute approximate surface area is 196 Å². The van der Waals surface area contributed by atoms with Crippen molar-refractivity contribution in [2.24, 2.45) is 0 Å². The number of non-ortho nitro benzene ring substituents is 1. The lowest BCUT2D eigenvalue weighted by atomic mass is 9.68. The first-order chi connectivity index (χ1) is 16.4. The van der Waals surface area contributed by atoms with Gasteiger partial charge in [0, 0.05) is 36.2 Å². The molecule has 0 aliphatic carbocycles. The normalized spacial score (nSPS) is 21.0. The first-order valence-electron chi connectivity index (χ1n) is 11.4. The molecule has 0 spiro atoms. The summed E-state index contributed by atoms with van der Waals surface area (Å²) in [6, 6.07) is 14.7. The molecular formula is C26H24N4O4. The summed E-state index contributed by atoms with van der Waals surface area (Å²) in [5.74, 6) is -0.503. The van der Waals surface area contributed by atoms with Crippen LogP contribution in [-0.4, -0.2) is 35.1 Å². The van der Waals surface area contributed by atoms with Gasteiger partial charge in [0.15, 0.2) is 0 Å². The number of rotatable bonds is 4. The average Bonchev–Trinajstić information content (AvgIpc) is 3.34. The van der Waals surface area contributed by atoms with Crippen molar-refractivity contribution in [1.82, 2.24) is 4.98 Å². The average molecular weight is 457 g/mol. The van der Waals surface area contributed by atoms with Crippen LogP contribution in [0.15, 0.2) is 42.5 Å². The van der Waals surface area contributed by atoms with Crippen LogP contribution in [0.1, 0.15) is 46.9 Å². The van der Waals surface area contributed by atoms with Crippen LogP contribution >= 0.6 is 0 Å². The largest absolute Gasteiger partial charge is 0.462 e. The number of aromatic nitrogens is 1. The van der Waals surface area contributed by atoms with Crippen molar-refractivity contribution in [2.45, 2.75) is 44.6 Å². The fraction of sp³-hybridized carbons (Fsp3) is 0.346. The first kappa shape index (κ1) is 21.8. The molecule has 8 nitrogen and oxygen atoms in total. The van der Waals surface area contributed by atoms with Crippen molar-refractivity contribution >= 4 is 28.2 Å². The van der Waals surface area contributed by atoms with E-state index in [0.29, 0.717) is 16.8 Å². The predicted molar refractivity (Wildman–Crippen MR) is 127 cm³/mol. The Hall–Kier alpha value is -3.99. The summed E-state index contributed by atoms with van der Waals surface area (Å²) in [6.45, 7) is 4.55. The molecule has 2 atom stereocenters. The van der Waals surface area contributed by atoms with Crippen LogP contribution in [-0.2, 0) is 16.6 Å². The highest BCUT2D eigenvalue weighted by Gasteiger charge is 2.53. The molecule has 1 fully saturated rings. The number of benzene rings is 2. The first-order valence-corrected chi connectivity index (χ1v) is 11.4. The monoisotopic (exact) mass is 456 g/mol. The van der Waals surface area contributed by atoms with E-state index in [0.717, 1.165) is 41.6 Å². The smallest absolute Gasteiger partial charge is 0.340 e. The quantitative estimate of drug-likeness (QED) is 0.320. The number of carbonyl (C=O) groups is 1. The van der Waals surface area contributed by atoms with E-state index < -0.39 is 16.3 Å². The van der Waals surface area contributed by atoms with Crippen molar-refractivity contribution in [3.63, 3.8) is 0 Å². The fourth-order valence-corrected chi connectivity index (χ4v) is 5.65. The van der Waals surface area contributed by atoms with E-state index in [1.807, 2.05) is 31.2 Å². The molecule has 2 aliphatic rings. The molecule has 0 bridgehead atoms. The van der Waals surface area contributed by atoms with Gasteiger partial charge in [0.2, 0.25) is 0 Å². The van der Waals surface area contributed by atoms with Crippen molar-refractivity contribution in [3.05, 3.63) is 75.0 Å². The number of para-hydroxylation sites is 1. The highest BCUT2D eigenvalue weighted by molar-refractivity contribution is 5.99. The number of nitro benzene ring substituents is 1. The Kier molecular flexibility index (Phi) is 5.20. The second-order valence-electron chi connectivity index (χ2n) is 8.88. The van der Waals surface area contributed by atoms with Gasteiger partial charge < -0.3 is 9.64 Å². The van der Waals surface area contributed by atoms with Crippen LogP contribution in [0.5, 0.6) is 0 Å². The van der Waals surface area contributed by atoms with E-state index in [4.69, 9.17) is 9.72 Å². The maximum absolute atomic E-state index is 13.2. The van der Waals surface area contributed by atoms with E-state index in [1.165, 1.54) is 6.07 Å². The molecule has 1 saturated heterocycles. The zero-order valence-electron chi connectivity index (χ0n) is 19.1. The van der Waals surface area contributed by atoms with E-state index in [1.54, 1.807) is 19.1 Å². The predicted octanol–water partition coefficient (Wildman–Crippen LogP) is 4.61. The van der Waals surface area contributed by atoms with Gasteiger partial charge in [-0.2, -0.15) is 5.26 Å². The van der Waals surface area contributed by atoms with Gasteiger partial charge in [-0.1, -0.05) is 18.2 Å². The topological polar surface area (TPSA) is 109 Å². The van der Waals surface area contributed by atoms with Gasteiger partial charge in [-0.15, -0.1) is 0 Å². The Balaban J connectivity index is 1.81. The van der Waals surface area contributed by atoms with Crippen molar-refractivity contribution in [2.75, 3.05) is 18.1 Å². The molecule has 172 valence electrons. The number of fused-ring (bicyclic) bond motifs is 4. The van der Waals surface area contributed by atoms with E-state index in [9.17, 15) is 20.2 Å². The Morgan fingerprint density at radius 1 is 1.35 bits per heavy atom. The third-order valence-corrected chi connectivity index (χ3v) is 7.13. The summed E-state index contributed by atoms with van der Waals surface area (Å²) in [6.07, 6.45) is 1.88. The minimum absolute atomic E-state index is 0.0171. The Morgan fingerprint density at radius 3 is 2.88 bits per heavy atom. The molecule has 0 unspecified atom stereocenters. The van der Waals surface area contributed by atoms with Crippen LogP contribution in [0.4, 0.5) is 11.4 Å². The summed E-state index contributed by atoms with van der Waals surface area (Å²) >= 11 is 0. The third kappa shape index (κ3) is 3.11. The van der Waals surface area contributed by atoms with Crippen molar-refractivity contribution in [1.29, 1.82) is 5.26 Å². The molecule has 3 heterocycles. The number of nitro groups is 1. The van der Waals surface area contributed by atoms with Crippen LogP contribution in [0.25, 0.3) is 10.9 Å². The maximum Gasteiger partial charge on any atom is 0.340 e. The lowest BCUT2D eigenvalue weighted by Crippen LogP contribution is -2.53. The summed E-state index contributed by atoms with van der Waals surface area (Å²) in [5.41, 5.74) is 2.61. The summed E-state index contributed by atoms with van der Waals surface area (Å²) in [5, 5.41) is 23.0. The van der Waals surface area contributed by atoms with Gasteiger partial charge in [-0.25, -0.2) is 4.79 Å². The van der Waals surface area contributed by atoms with Gasteiger partial charge in [0.25, 0.3) is 5.69 Å². The number of pyridine rings is 1. The van der Waals surface area contributed by atoms with Gasteiger partial charge in [0.05, 0.1) is 40.4 Å². The number of carbonyl (C=O) groups excluding carboxylic acids is 1. The van der Waals surface area contributed by atoms with Gasteiger partial charge in [-0.3, -0.25) is 15.1 Å². The molecule has 0 radical (unpaired) electrons. The van der Waals surface area contributed by atoms with Gasteiger partial charge in [0.1, 0.15) is 5.41 Å². The number of anilines is 1. The number of hydrogen-bond acceptors (Lipinski definition) is 7. The van der Waals surface area contributed by atoms with Crippen LogP contribution in [0, 0.1) is 28.4 Å². The van der Waals surface area contributed by atoms with E-state index >= 15 is 0 Å². The van der Waals surface area contributed by atoms with E-state index in [2.05, 4.69) is 11.0 Å². The Morgan fingerprint density at radius 2 is 2.15 bits per heavy atom. The van der Waals surface area contributed by atoms with Crippen LogP contribution in [0.3, 0.4) is 0 Å². The number of ether oxygens (including phenoxy) is 1. The molecule has 1 aromatic heterocycles. The fourth-order valence-electron chi connectivity index (χ4n) is 5.65. The molecule has 34 heavy (non-hydrogen) atoms. The second kappa shape index (κ2) is 8.10. The zero-order valence-corrected chi connectivity index (χ0v) is 19.1. The highest BCUT2D eigenvalue weighted by Crippen LogP contribution is 2.49. The van der Waals surface area contributed by atoms with Crippen molar-refractivity contribution in [3.8, 4) is 6.07 Å². The second-order valence-corrected chi connectivity index (χ2v) is 8.88. The zero-order chi connectivity index (χ0) is 24.0. The standard InChI is InChI=1S/C26H24N4O4/c1-3-34-25(31)23-16(2)19-7-4-5-8-20(19)28-24(23)26(15-27)14-17-13-18(30(32)33)10-11-21(17)29-12-6-9-22(26)29/h4-5,7-8,10-11,13,22H,3,6,9,12,14H2,1-2H3/t22-,26-/m1/s1. The lowest BCUT2D eigenvalue weighted by Gasteiger charge is -2.45. The van der Waals surface area contributed by atoms with Crippen LogP contribution in [0.2, 0.25) is 0 Å². The Bertz CT molecular complexity index is 1380. The molecule has 0 N–H and O–H groups in total. The summed E-state index contributed by atoms with van der Waals surface area (Å²) in [4.78, 5) is 31.4. The molecule has 5 rings (SSSR count). The number of nitrogens with zero attached hydrogens (tertiary/aromatic N) is 4. The van der Waals surface area contributed by atoms with E-state index in [-0.39, 0.29) is 24.8 Å². The molecule has 2 aliphatic heterocycles. The summed E-state index contributed by atoms with van der Waals surface area (Å²) in [7, 11) is 0. The lowest BCUT2D eigenvalue weighted by molar-refractivity contribution is -0.384. The SMILES string of the molecule is CCOC(=O)c1c([C@@]2(C#N)Cc3cc([N+](=O)[O-])ccc3N3CCC[C@@H]32)nc2ccccc2c1C. The molecule has 2 aromatic carbocycles. The number of esters is 1. The molecular weight excluding hydrogens is 432 g/mol. The van der Waals surface area contributed by atoms with Crippen molar-refractivity contribution < 1.29 is 14.5 Å². The number of hydrogen-bond donors (Lipinski definition) is 0. The number of aryl methyl sites for hydroxylation is 1. The molecule has 0 saturated carbocycles. The number of nitriles is 1. The van der Waals surface area contributed by atoms with Gasteiger partial charge >= 0.3 is 5.97 Å². The minimum atomic E-state index is -1.16. The van der Waals surface area contributed by atoms with Gasteiger partial charge in [-0.05, 0) is 49.9 Å². The minimum Gasteiger partial charge on any atom is -0.462 e. The molecule has 3 aromatic rings. The maximum atomic E-state index is 13.2. The highest BCUT2D eigenvalue weighted by atomic mass is 16.6. The van der Waals surface area contributed by atoms with Crippen LogP contribution < -0.4 is 4.90 Å².